The number of alkyl halides is 1. The highest BCUT2D eigenvalue weighted by Gasteiger charge is 2.76. The van der Waals surface area contributed by atoms with Crippen LogP contribution in [0, 0.1) is 11.8 Å². The van der Waals surface area contributed by atoms with Crippen molar-refractivity contribution in [1.82, 2.24) is 30.1 Å². The van der Waals surface area contributed by atoms with E-state index < -0.39 is 65.9 Å². The molecule has 2 aromatic carbocycles. The monoisotopic (exact) mass is 734 g/mol. The summed E-state index contributed by atoms with van der Waals surface area (Å²) in [5, 5.41) is 21.5. The third-order valence-corrected chi connectivity index (χ3v) is 10.4. The third-order valence-electron chi connectivity index (χ3n) is 9.53. The first-order chi connectivity index (χ1) is 23.7. The van der Waals surface area contributed by atoms with Crippen LogP contribution in [0.4, 0.5) is 0 Å². The van der Waals surface area contributed by atoms with Crippen molar-refractivity contribution in [3.05, 3.63) is 85.5 Å². The number of likely N-dealkylation sites (tertiary alicyclic amines) is 1. The molecule has 3 saturated heterocycles. The standard InChI is InChI=1S/C35H39BrN6O7/c1-3-5-15-27(44)48-20-25(22-11-7-6-8-12-22)37-32(45)28-29-33(46)41(17-18-43)31(35(29)19-23(36)30(28)49-35)34(47)40(16-4-2)21-42-26-14-10-9-13-24(26)38-39-42/h3-4,6-14,23,25,28-31,43H,1-2,5,15-21H2,(H,37,45)/t23?,25-,28-,29+,30-,31-,35+/m0/s1. The average Bonchev–Trinajstić information content (AvgIpc) is 3.83. The number of ether oxygens (including phenoxy) is 2. The Morgan fingerprint density at radius 3 is 2.65 bits per heavy atom. The lowest BCUT2D eigenvalue weighted by Crippen LogP contribution is -2.57. The summed E-state index contributed by atoms with van der Waals surface area (Å²) in [6.45, 7) is 7.01. The number of nitrogens with zero attached hydrogens (tertiary/aromatic N) is 5. The Bertz CT molecular complexity index is 1740. The van der Waals surface area contributed by atoms with E-state index in [-0.39, 0.29) is 37.6 Å². The minimum atomic E-state index is -1.34. The van der Waals surface area contributed by atoms with Gasteiger partial charge < -0.3 is 29.7 Å². The number of allylic oxidation sites excluding steroid dienone is 1. The maximum absolute atomic E-state index is 14.6. The molecule has 258 valence electrons. The minimum absolute atomic E-state index is 0.0269. The second-order valence-electron chi connectivity index (χ2n) is 12.5. The zero-order chi connectivity index (χ0) is 34.7. The Morgan fingerprint density at radius 2 is 1.92 bits per heavy atom. The number of aliphatic hydroxyl groups excluding tert-OH is 1. The van der Waals surface area contributed by atoms with Crippen molar-refractivity contribution in [1.29, 1.82) is 0 Å². The Kier molecular flexibility index (Phi) is 10.3. The van der Waals surface area contributed by atoms with Crippen LogP contribution in [0.25, 0.3) is 11.0 Å². The lowest BCUT2D eigenvalue weighted by atomic mass is 9.70. The molecule has 1 unspecified atom stereocenters. The molecular weight excluding hydrogens is 696 g/mol. The molecule has 7 atom stereocenters. The summed E-state index contributed by atoms with van der Waals surface area (Å²) in [6.07, 6.45) is 3.43. The maximum Gasteiger partial charge on any atom is 0.306 e. The molecule has 3 aliphatic rings. The summed E-state index contributed by atoms with van der Waals surface area (Å²) in [4.78, 5) is 58.0. The van der Waals surface area contributed by atoms with Crippen molar-refractivity contribution >= 4 is 50.7 Å². The van der Waals surface area contributed by atoms with Crippen LogP contribution in [0.3, 0.4) is 0 Å². The van der Waals surface area contributed by atoms with E-state index in [0.29, 0.717) is 18.4 Å². The van der Waals surface area contributed by atoms with E-state index in [1.807, 2.05) is 54.6 Å². The number of aliphatic hydroxyl groups is 1. The van der Waals surface area contributed by atoms with Crippen LogP contribution in [-0.4, -0.2) is 102 Å². The van der Waals surface area contributed by atoms with Gasteiger partial charge in [-0.3, -0.25) is 19.2 Å². The molecule has 1 aromatic heterocycles. The average molecular weight is 736 g/mol. The van der Waals surface area contributed by atoms with Gasteiger partial charge in [-0.25, -0.2) is 4.68 Å². The maximum atomic E-state index is 14.6. The zero-order valence-corrected chi connectivity index (χ0v) is 28.5. The number of fused-ring (bicyclic) bond motifs is 2. The van der Waals surface area contributed by atoms with E-state index in [1.165, 1.54) is 9.80 Å². The van der Waals surface area contributed by atoms with Gasteiger partial charge in [0.2, 0.25) is 17.7 Å². The molecule has 3 amide bonds. The molecule has 2 bridgehead atoms. The van der Waals surface area contributed by atoms with Gasteiger partial charge in [0, 0.05) is 24.3 Å². The van der Waals surface area contributed by atoms with Crippen molar-refractivity contribution < 1.29 is 33.8 Å². The lowest BCUT2D eigenvalue weighted by Gasteiger charge is -2.37. The summed E-state index contributed by atoms with van der Waals surface area (Å²) >= 11 is 3.69. The molecule has 2 N–H and O–H groups in total. The van der Waals surface area contributed by atoms with Crippen molar-refractivity contribution in [3.8, 4) is 0 Å². The topological polar surface area (TPSA) is 156 Å². The number of hydrogen-bond acceptors (Lipinski definition) is 9. The van der Waals surface area contributed by atoms with Crippen LogP contribution >= 0.6 is 15.9 Å². The Balaban J connectivity index is 1.29. The Labute approximate surface area is 292 Å². The molecule has 0 radical (unpaired) electrons. The number of amides is 3. The molecule has 14 heteroatoms. The number of hydrogen-bond donors (Lipinski definition) is 2. The molecule has 3 aliphatic heterocycles. The number of halogens is 1. The van der Waals surface area contributed by atoms with E-state index in [1.54, 1.807) is 16.8 Å². The summed E-state index contributed by atoms with van der Waals surface area (Å²) in [7, 11) is 0. The van der Waals surface area contributed by atoms with E-state index >= 15 is 0 Å². The number of β-amino-alcohol motifs (C(OH)–C–C–N with tert-alkyl or cyclic N) is 1. The van der Waals surface area contributed by atoms with Crippen molar-refractivity contribution in [2.75, 3.05) is 26.3 Å². The third kappa shape index (κ3) is 6.40. The largest absolute Gasteiger partial charge is 0.463 e. The number of carbonyl (C=O) groups excluding carboxylic acids is 4. The fourth-order valence-electron chi connectivity index (χ4n) is 7.43. The normalized spacial score (nSPS) is 26.0. The quantitative estimate of drug-likeness (QED) is 0.136. The minimum Gasteiger partial charge on any atom is -0.463 e. The highest BCUT2D eigenvalue weighted by molar-refractivity contribution is 9.09. The summed E-state index contributed by atoms with van der Waals surface area (Å²) in [6, 6.07) is 14.7. The first kappa shape index (κ1) is 34.5. The first-order valence-corrected chi connectivity index (χ1v) is 17.2. The molecule has 4 heterocycles. The van der Waals surface area contributed by atoms with E-state index in [2.05, 4.69) is 44.7 Å². The summed E-state index contributed by atoms with van der Waals surface area (Å²) in [5.41, 5.74) is 0.770. The van der Waals surface area contributed by atoms with Gasteiger partial charge in [0.05, 0.1) is 36.1 Å². The number of esters is 1. The van der Waals surface area contributed by atoms with Gasteiger partial charge in [-0.1, -0.05) is 75.8 Å². The number of benzene rings is 2. The highest BCUT2D eigenvalue weighted by atomic mass is 79.9. The summed E-state index contributed by atoms with van der Waals surface area (Å²) in [5.74, 6) is -3.69. The van der Waals surface area contributed by atoms with Gasteiger partial charge in [0.1, 0.15) is 30.4 Å². The molecule has 1 spiro atoms. The fourth-order valence-corrected chi connectivity index (χ4v) is 8.37. The van der Waals surface area contributed by atoms with Crippen LogP contribution in [0.15, 0.2) is 79.9 Å². The van der Waals surface area contributed by atoms with Crippen LogP contribution in [0.2, 0.25) is 0 Å². The number of carbonyl (C=O) groups is 4. The molecule has 0 aliphatic carbocycles. The molecule has 3 fully saturated rings. The van der Waals surface area contributed by atoms with Crippen LogP contribution < -0.4 is 5.32 Å². The number of para-hydroxylation sites is 1. The van der Waals surface area contributed by atoms with Crippen molar-refractivity contribution in [2.24, 2.45) is 11.8 Å². The smallest absolute Gasteiger partial charge is 0.306 e. The van der Waals surface area contributed by atoms with Crippen LogP contribution in [0.5, 0.6) is 0 Å². The van der Waals surface area contributed by atoms with E-state index in [9.17, 15) is 24.3 Å². The second kappa shape index (κ2) is 14.6. The number of nitrogens with one attached hydrogen (secondary N) is 1. The van der Waals surface area contributed by atoms with Gasteiger partial charge in [-0.15, -0.1) is 18.3 Å². The second-order valence-corrected chi connectivity index (χ2v) is 13.6. The Hall–Kier alpha value is -4.40. The predicted octanol–water partition coefficient (Wildman–Crippen LogP) is 2.51. The van der Waals surface area contributed by atoms with Crippen LogP contribution in [0.1, 0.15) is 30.9 Å². The Morgan fingerprint density at radius 1 is 1.16 bits per heavy atom. The van der Waals surface area contributed by atoms with Gasteiger partial charge >= 0.3 is 5.97 Å². The van der Waals surface area contributed by atoms with Gasteiger partial charge in [0.15, 0.2) is 0 Å². The molecule has 3 aromatic rings. The van der Waals surface area contributed by atoms with Gasteiger partial charge in [-0.05, 0) is 30.5 Å². The molecule has 49 heavy (non-hydrogen) atoms. The van der Waals surface area contributed by atoms with E-state index in [4.69, 9.17) is 9.47 Å². The zero-order valence-electron chi connectivity index (χ0n) is 26.9. The first-order valence-electron chi connectivity index (χ1n) is 16.3. The molecular formula is C35H39BrN6O7. The molecule has 0 saturated carbocycles. The lowest BCUT2D eigenvalue weighted by molar-refractivity contribution is -0.149. The molecule has 13 nitrogen and oxygen atoms in total. The SMILES string of the molecule is C=CCCC(=O)OC[C@H](NC(=O)[C@@H]1[C@H]2O[C@@]3(CC2Br)[C@H](C(=O)N(CC=C)Cn2nnc4ccccc42)N(CCO)C(=O)[C@@H]13)c1ccccc1. The van der Waals surface area contributed by atoms with E-state index in [0.717, 1.165) is 11.1 Å². The van der Waals surface area contributed by atoms with Crippen molar-refractivity contribution in [3.63, 3.8) is 0 Å². The van der Waals surface area contributed by atoms with Crippen molar-refractivity contribution in [2.45, 2.75) is 54.5 Å². The summed E-state index contributed by atoms with van der Waals surface area (Å²) < 4.78 is 13.7. The number of aromatic nitrogens is 3. The molecule has 6 rings (SSSR count). The van der Waals surface area contributed by atoms with Gasteiger partial charge in [-0.2, -0.15) is 0 Å². The fraction of sp³-hybridized carbons (Fsp3) is 0.429. The highest BCUT2D eigenvalue weighted by Crippen LogP contribution is 2.60. The van der Waals surface area contributed by atoms with Crippen LogP contribution in [-0.2, 0) is 35.3 Å². The number of rotatable bonds is 15. The van der Waals surface area contributed by atoms with Gasteiger partial charge in [0.25, 0.3) is 0 Å². The predicted molar refractivity (Wildman–Crippen MR) is 182 cm³/mol.